The molecule has 2 aromatic carbocycles. The molecule has 0 radical (unpaired) electrons. The van der Waals surface area contributed by atoms with Crippen molar-refractivity contribution < 1.29 is 14.8 Å². The molecule has 6 rings (SSSR count). The third-order valence-corrected chi connectivity index (χ3v) is 8.18. The number of rotatable bonds is 3. The van der Waals surface area contributed by atoms with Crippen LogP contribution in [0.15, 0.2) is 48.6 Å². The average molecular weight is 431 g/mol. The Labute approximate surface area is 186 Å². The molecule has 2 aromatic rings. The van der Waals surface area contributed by atoms with Crippen molar-refractivity contribution in [2.24, 2.45) is 11.8 Å². The molecule has 0 unspecified atom stereocenters. The molecule has 0 spiro atoms. The summed E-state index contributed by atoms with van der Waals surface area (Å²) in [6.07, 6.45) is 9.99. The van der Waals surface area contributed by atoms with Crippen molar-refractivity contribution in [2.45, 2.75) is 50.0 Å². The fourth-order valence-corrected chi connectivity index (χ4v) is 6.92. The third-order valence-electron chi connectivity index (χ3n) is 8.18. The van der Waals surface area contributed by atoms with Crippen molar-refractivity contribution in [2.75, 3.05) is 11.4 Å². The first-order valence-electron chi connectivity index (χ1n) is 11.6. The SMILES string of the molecule is O=C(O)c1cc2c3c(c1)[C@@H]1CCCC[C@@H]1CN3[C@H](c1cccc([N+](=O)[O-])c1)[C@H]1CC=C[C@H]21. The van der Waals surface area contributed by atoms with Gasteiger partial charge in [-0.15, -0.1) is 0 Å². The normalized spacial score (nSPS) is 29.8. The van der Waals surface area contributed by atoms with Gasteiger partial charge >= 0.3 is 5.97 Å². The zero-order valence-corrected chi connectivity index (χ0v) is 17.8. The van der Waals surface area contributed by atoms with E-state index >= 15 is 0 Å². The van der Waals surface area contributed by atoms with Crippen LogP contribution in [-0.4, -0.2) is 22.5 Å². The molecule has 2 aliphatic heterocycles. The van der Waals surface area contributed by atoms with Gasteiger partial charge < -0.3 is 10.0 Å². The van der Waals surface area contributed by atoms with Crippen LogP contribution < -0.4 is 4.90 Å². The Balaban J connectivity index is 1.57. The molecule has 0 amide bonds. The van der Waals surface area contributed by atoms with E-state index in [1.54, 1.807) is 18.2 Å². The maximum Gasteiger partial charge on any atom is 0.335 e. The quantitative estimate of drug-likeness (QED) is 0.378. The van der Waals surface area contributed by atoms with Crippen LogP contribution in [-0.2, 0) is 0 Å². The topological polar surface area (TPSA) is 83.7 Å². The van der Waals surface area contributed by atoms with E-state index in [0.29, 0.717) is 17.4 Å². The number of non-ortho nitro benzene ring substituents is 1. The summed E-state index contributed by atoms with van der Waals surface area (Å²) in [5.41, 5.74) is 5.02. The van der Waals surface area contributed by atoms with E-state index in [1.165, 1.54) is 24.1 Å². The number of aromatic carboxylic acids is 1. The molecule has 5 atom stereocenters. The Morgan fingerprint density at radius 2 is 1.94 bits per heavy atom. The molecule has 1 saturated carbocycles. The molecule has 2 aliphatic carbocycles. The highest BCUT2D eigenvalue weighted by Gasteiger charge is 2.48. The van der Waals surface area contributed by atoms with Gasteiger partial charge in [-0.1, -0.05) is 37.1 Å². The number of nitro benzene ring substituents is 1. The van der Waals surface area contributed by atoms with Crippen molar-refractivity contribution in [3.8, 4) is 0 Å². The van der Waals surface area contributed by atoms with E-state index in [-0.39, 0.29) is 28.5 Å². The third kappa shape index (κ3) is 2.81. The highest BCUT2D eigenvalue weighted by Crippen LogP contribution is 2.59. The minimum absolute atomic E-state index is 0.0553. The molecule has 6 nitrogen and oxygen atoms in total. The highest BCUT2D eigenvalue weighted by molar-refractivity contribution is 5.90. The van der Waals surface area contributed by atoms with E-state index in [0.717, 1.165) is 36.9 Å². The summed E-state index contributed by atoms with van der Waals surface area (Å²) in [7, 11) is 0. The molecule has 164 valence electrons. The van der Waals surface area contributed by atoms with Crippen LogP contribution in [0, 0.1) is 22.0 Å². The van der Waals surface area contributed by atoms with Crippen LogP contribution in [0.25, 0.3) is 0 Å². The van der Waals surface area contributed by atoms with Gasteiger partial charge in [0.1, 0.15) is 0 Å². The summed E-state index contributed by atoms with van der Waals surface area (Å²) in [6.45, 7) is 0.938. The number of carboxylic acids is 1. The van der Waals surface area contributed by atoms with Gasteiger partial charge in [-0.25, -0.2) is 4.79 Å². The number of carboxylic acid groups (broad SMARTS) is 1. The Bertz CT molecular complexity index is 1160. The van der Waals surface area contributed by atoms with Crippen molar-refractivity contribution in [1.82, 2.24) is 0 Å². The van der Waals surface area contributed by atoms with Gasteiger partial charge in [0, 0.05) is 30.3 Å². The predicted molar refractivity (Wildman–Crippen MR) is 121 cm³/mol. The zero-order chi connectivity index (χ0) is 22.0. The van der Waals surface area contributed by atoms with Crippen molar-refractivity contribution in [1.29, 1.82) is 0 Å². The Morgan fingerprint density at radius 3 is 2.75 bits per heavy atom. The molecule has 0 aromatic heterocycles. The maximum absolute atomic E-state index is 12.0. The number of hydrogen-bond acceptors (Lipinski definition) is 4. The summed E-state index contributed by atoms with van der Waals surface area (Å²) in [5.74, 6) is 0.430. The predicted octanol–water partition coefficient (Wildman–Crippen LogP) is 5.80. The van der Waals surface area contributed by atoms with Crippen LogP contribution in [0.4, 0.5) is 11.4 Å². The van der Waals surface area contributed by atoms with E-state index in [9.17, 15) is 20.0 Å². The number of benzene rings is 2. The zero-order valence-electron chi connectivity index (χ0n) is 17.8. The number of nitrogens with zero attached hydrogens (tertiary/aromatic N) is 2. The Morgan fingerprint density at radius 1 is 1.12 bits per heavy atom. The van der Waals surface area contributed by atoms with Crippen molar-refractivity contribution in [3.63, 3.8) is 0 Å². The van der Waals surface area contributed by atoms with Crippen LogP contribution >= 0.6 is 0 Å². The highest BCUT2D eigenvalue weighted by atomic mass is 16.6. The van der Waals surface area contributed by atoms with Gasteiger partial charge in [-0.05, 0) is 65.8 Å². The molecule has 4 aliphatic rings. The van der Waals surface area contributed by atoms with Crippen LogP contribution in [0.3, 0.4) is 0 Å². The van der Waals surface area contributed by atoms with Crippen LogP contribution in [0.1, 0.15) is 77.0 Å². The van der Waals surface area contributed by atoms with Gasteiger partial charge in [0.2, 0.25) is 0 Å². The first-order chi connectivity index (χ1) is 15.5. The van der Waals surface area contributed by atoms with Crippen LogP contribution in [0.5, 0.6) is 0 Å². The second-order valence-electron chi connectivity index (χ2n) is 9.76. The molecule has 1 fully saturated rings. The minimum Gasteiger partial charge on any atom is -0.478 e. The van der Waals surface area contributed by atoms with Crippen LogP contribution in [0.2, 0.25) is 0 Å². The number of carbonyl (C=O) groups is 1. The Hall–Kier alpha value is -3.15. The number of allylic oxidation sites excluding steroid dienone is 2. The molecular weight excluding hydrogens is 404 g/mol. The smallest absolute Gasteiger partial charge is 0.335 e. The van der Waals surface area contributed by atoms with Crippen molar-refractivity contribution in [3.05, 3.63) is 80.9 Å². The van der Waals surface area contributed by atoms with Crippen molar-refractivity contribution >= 4 is 17.3 Å². The number of fused-ring (bicyclic) bond motifs is 4. The number of anilines is 1. The van der Waals surface area contributed by atoms with Gasteiger partial charge in [-0.3, -0.25) is 10.1 Å². The fraction of sp³-hybridized carbons (Fsp3) is 0.423. The standard InChI is InChI=1S/C26H26N2O4/c29-26(30)17-12-22-19-8-2-1-5-16(19)14-27-24(15-6-3-7-18(11-15)28(31)32)21-10-4-9-20(21)23(13-17)25(22)27/h3-4,6-7,9,11-13,16,19-21,24H,1-2,5,8,10,14H2,(H,29,30)/t16-,19-,20+,21+,24-/m1/s1. The monoisotopic (exact) mass is 430 g/mol. The lowest BCUT2D eigenvalue weighted by atomic mass is 9.66. The molecule has 0 saturated heterocycles. The summed E-state index contributed by atoms with van der Waals surface area (Å²) in [4.78, 5) is 25.7. The van der Waals surface area contributed by atoms with Gasteiger partial charge in [0.05, 0.1) is 16.5 Å². The van der Waals surface area contributed by atoms with E-state index in [4.69, 9.17) is 0 Å². The minimum atomic E-state index is -0.868. The van der Waals surface area contributed by atoms with E-state index < -0.39 is 5.97 Å². The first kappa shape index (κ1) is 19.5. The largest absolute Gasteiger partial charge is 0.478 e. The van der Waals surface area contributed by atoms with E-state index in [2.05, 4.69) is 17.1 Å². The molecule has 32 heavy (non-hydrogen) atoms. The lowest BCUT2D eigenvalue weighted by molar-refractivity contribution is -0.384. The summed E-state index contributed by atoms with van der Waals surface area (Å²) < 4.78 is 0. The second-order valence-corrected chi connectivity index (χ2v) is 9.76. The molecule has 1 N–H and O–H groups in total. The molecule has 0 bridgehead atoms. The maximum atomic E-state index is 12.0. The summed E-state index contributed by atoms with van der Waals surface area (Å²) >= 11 is 0. The molecular formula is C26H26N2O4. The second kappa shape index (κ2) is 7.19. The molecule has 6 heteroatoms. The lowest BCUT2D eigenvalue weighted by Gasteiger charge is -2.53. The number of hydrogen-bond donors (Lipinski definition) is 1. The first-order valence-corrected chi connectivity index (χ1v) is 11.6. The molecule has 2 heterocycles. The lowest BCUT2D eigenvalue weighted by Crippen LogP contribution is -2.47. The Kier molecular flexibility index (Phi) is 4.39. The van der Waals surface area contributed by atoms with Gasteiger partial charge in [0.25, 0.3) is 5.69 Å². The average Bonchev–Trinajstić information content (AvgIpc) is 3.29. The summed E-state index contributed by atoms with van der Waals surface area (Å²) in [5, 5.41) is 21.3. The number of nitro groups is 1. The fourth-order valence-electron chi connectivity index (χ4n) is 6.92. The van der Waals surface area contributed by atoms with Gasteiger partial charge in [0.15, 0.2) is 0 Å². The summed E-state index contributed by atoms with van der Waals surface area (Å²) in [6, 6.07) is 11.0. The van der Waals surface area contributed by atoms with Gasteiger partial charge in [-0.2, -0.15) is 0 Å². The van der Waals surface area contributed by atoms with E-state index in [1.807, 2.05) is 18.2 Å².